The summed E-state index contributed by atoms with van der Waals surface area (Å²) in [6.07, 6.45) is 5.97. The third-order valence-corrected chi connectivity index (χ3v) is 3.16. The van der Waals surface area contributed by atoms with Crippen molar-refractivity contribution in [1.29, 1.82) is 0 Å². The zero-order valence-electron chi connectivity index (χ0n) is 6.06. The van der Waals surface area contributed by atoms with Crippen LogP contribution < -0.4 is 5.32 Å². The summed E-state index contributed by atoms with van der Waals surface area (Å²) in [6, 6.07) is 0.887. The Bertz CT molecular complexity index is 111. The van der Waals surface area contributed by atoms with Gasteiger partial charge in [-0.25, -0.2) is 0 Å². The van der Waals surface area contributed by atoms with E-state index in [4.69, 9.17) is 0 Å². The third-order valence-electron chi connectivity index (χ3n) is 3.16. The van der Waals surface area contributed by atoms with Crippen molar-refractivity contribution in [3.63, 3.8) is 0 Å². The van der Waals surface area contributed by atoms with Gasteiger partial charge in [-0.05, 0) is 31.7 Å². The van der Waals surface area contributed by atoms with Gasteiger partial charge >= 0.3 is 0 Å². The molecule has 0 heterocycles. The molecule has 0 aromatic heterocycles. The smallest absolute Gasteiger partial charge is 0.00977 e. The Morgan fingerprint density at radius 1 is 1.33 bits per heavy atom. The van der Waals surface area contributed by atoms with Crippen LogP contribution in [0.2, 0.25) is 0 Å². The number of hydrogen-bond acceptors (Lipinski definition) is 1. The first kappa shape index (κ1) is 5.72. The first-order valence-corrected chi connectivity index (χ1v) is 4.09. The van der Waals surface area contributed by atoms with Gasteiger partial charge in [-0.1, -0.05) is 12.8 Å². The highest BCUT2D eigenvalue weighted by Crippen LogP contribution is 2.46. The van der Waals surface area contributed by atoms with E-state index in [0.717, 1.165) is 17.9 Å². The summed E-state index contributed by atoms with van der Waals surface area (Å²) < 4.78 is 0. The lowest BCUT2D eigenvalue weighted by Crippen LogP contribution is -2.46. The number of nitrogens with one attached hydrogen (secondary N) is 1. The van der Waals surface area contributed by atoms with Gasteiger partial charge in [0.15, 0.2) is 0 Å². The number of hydrogen-bond donors (Lipinski definition) is 1. The molecular weight excluding hydrogens is 110 g/mol. The first-order valence-electron chi connectivity index (χ1n) is 4.09. The van der Waals surface area contributed by atoms with E-state index in [1.807, 2.05) is 0 Å². The molecule has 0 radical (unpaired) electrons. The van der Waals surface area contributed by atoms with E-state index in [0.29, 0.717) is 0 Å². The van der Waals surface area contributed by atoms with Crippen LogP contribution in [-0.4, -0.2) is 13.1 Å². The molecule has 0 aliphatic heterocycles. The molecule has 2 rings (SSSR count). The Labute approximate surface area is 56.8 Å². The molecule has 1 N–H and O–H groups in total. The molecule has 2 aliphatic carbocycles. The predicted octanol–water partition coefficient (Wildman–Crippen LogP) is 1.39. The monoisotopic (exact) mass is 125 g/mol. The van der Waals surface area contributed by atoms with Crippen LogP contribution in [-0.2, 0) is 0 Å². The van der Waals surface area contributed by atoms with Crippen molar-refractivity contribution in [1.82, 2.24) is 5.32 Å². The van der Waals surface area contributed by atoms with Gasteiger partial charge in [-0.3, -0.25) is 0 Å². The molecule has 0 aromatic rings. The fourth-order valence-electron chi connectivity index (χ4n) is 2.52. The highest BCUT2D eigenvalue weighted by atomic mass is 14.9. The fraction of sp³-hybridized carbons (Fsp3) is 1.00. The minimum atomic E-state index is 0.887. The lowest BCUT2D eigenvalue weighted by molar-refractivity contribution is 0.145. The lowest BCUT2D eigenvalue weighted by Gasteiger charge is -2.40. The van der Waals surface area contributed by atoms with Crippen molar-refractivity contribution in [2.45, 2.75) is 31.7 Å². The maximum absolute atomic E-state index is 3.37. The molecule has 2 saturated carbocycles. The summed E-state index contributed by atoms with van der Waals surface area (Å²) in [5, 5.41) is 3.37. The SMILES string of the molecule is CNC1CC2CCCC21. The molecule has 0 spiro atoms. The molecule has 2 aliphatic rings. The zero-order chi connectivity index (χ0) is 6.27. The molecule has 1 heteroatoms. The highest BCUT2D eigenvalue weighted by molar-refractivity contribution is 4.96. The normalized spacial score (nSPS) is 48.3. The molecule has 0 bridgehead atoms. The molecule has 0 aromatic carbocycles. The van der Waals surface area contributed by atoms with Crippen LogP contribution in [0.15, 0.2) is 0 Å². The van der Waals surface area contributed by atoms with Crippen molar-refractivity contribution in [3.8, 4) is 0 Å². The maximum Gasteiger partial charge on any atom is 0.00977 e. The molecular formula is C8H15N. The zero-order valence-corrected chi connectivity index (χ0v) is 6.06. The van der Waals surface area contributed by atoms with Gasteiger partial charge < -0.3 is 5.32 Å². The minimum Gasteiger partial charge on any atom is -0.317 e. The molecule has 2 fully saturated rings. The minimum absolute atomic E-state index is 0.887. The molecule has 0 amide bonds. The van der Waals surface area contributed by atoms with Crippen LogP contribution in [0.25, 0.3) is 0 Å². The second kappa shape index (κ2) is 1.98. The van der Waals surface area contributed by atoms with Crippen LogP contribution in [0.4, 0.5) is 0 Å². The Balaban J connectivity index is 1.93. The molecule has 9 heavy (non-hydrogen) atoms. The van der Waals surface area contributed by atoms with Crippen LogP contribution in [0.3, 0.4) is 0 Å². The van der Waals surface area contributed by atoms with Gasteiger partial charge in [0.25, 0.3) is 0 Å². The van der Waals surface area contributed by atoms with E-state index < -0.39 is 0 Å². The Morgan fingerprint density at radius 3 is 2.89 bits per heavy atom. The molecule has 52 valence electrons. The standard InChI is InChI=1S/C8H15N/c1-9-8-5-6-3-2-4-7(6)8/h6-9H,2-5H2,1H3. The van der Waals surface area contributed by atoms with Crippen LogP contribution in [0.5, 0.6) is 0 Å². The van der Waals surface area contributed by atoms with Gasteiger partial charge in [-0.2, -0.15) is 0 Å². The van der Waals surface area contributed by atoms with E-state index in [-0.39, 0.29) is 0 Å². The largest absolute Gasteiger partial charge is 0.317 e. The van der Waals surface area contributed by atoms with Crippen molar-refractivity contribution < 1.29 is 0 Å². The van der Waals surface area contributed by atoms with Gasteiger partial charge in [0, 0.05) is 6.04 Å². The summed E-state index contributed by atoms with van der Waals surface area (Å²) in [5.74, 6) is 2.18. The van der Waals surface area contributed by atoms with Gasteiger partial charge in [0.1, 0.15) is 0 Å². The predicted molar refractivity (Wildman–Crippen MR) is 38.3 cm³/mol. The van der Waals surface area contributed by atoms with E-state index in [1.54, 1.807) is 0 Å². The number of fused-ring (bicyclic) bond motifs is 1. The molecule has 1 nitrogen and oxygen atoms in total. The van der Waals surface area contributed by atoms with E-state index in [9.17, 15) is 0 Å². The van der Waals surface area contributed by atoms with Crippen molar-refractivity contribution >= 4 is 0 Å². The number of rotatable bonds is 1. The van der Waals surface area contributed by atoms with E-state index in [1.165, 1.54) is 25.7 Å². The Kier molecular flexibility index (Phi) is 1.26. The maximum atomic E-state index is 3.37. The van der Waals surface area contributed by atoms with Crippen molar-refractivity contribution in [2.24, 2.45) is 11.8 Å². The molecule has 3 atom stereocenters. The third kappa shape index (κ3) is 0.710. The Morgan fingerprint density at radius 2 is 2.22 bits per heavy atom. The fourth-order valence-corrected chi connectivity index (χ4v) is 2.52. The summed E-state index contributed by atoms with van der Waals surface area (Å²) >= 11 is 0. The summed E-state index contributed by atoms with van der Waals surface area (Å²) in [5.41, 5.74) is 0. The van der Waals surface area contributed by atoms with Crippen LogP contribution in [0.1, 0.15) is 25.7 Å². The quantitative estimate of drug-likeness (QED) is 0.558. The van der Waals surface area contributed by atoms with Crippen molar-refractivity contribution in [2.75, 3.05) is 7.05 Å². The topological polar surface area (TPSA) is 12.0 Å². The van der Waals surface area contributed by atoms with Crippen LogP contribution in [0, 0.1) is 11.8 Å². The lowest BCUT2D eigenvalue weighted by atomic mass is 9.72. The van der Waals surface area contributed by atoms with Gasteiger partial charge in [0.2, 0.25) is 0 Å². The highest BCUT2D eigenvalue weighted by Gasteiger charge is 2.42. The first-order chi connectivity index (χ1) is 4.42. The summed E-state index contributed by atoms with van der Waals surface area (Å²) in [4.78, 5) is 0. The van der Waals surface area contributed by atoms with Gasteiger partial charge in [-0.15, -0.1) is 0 Å². The van der Waals surface area contributed by atoms with Crippen molar-refractivity contribution in [3.05, 3.63) is 0 Å². The molecule has 3 unspecified atom stereocenters. The average Bonchev–Trinajstić information content (AvgIpc) is 2.14. The van der Waals surface area contributed by atoms with E-state index in [2.05, 4.69) is 12.4 Å². The summed E-state index contributed by atoms with van der Waals surface area (Å²) in [7, 11) is 2.10. The summed E-state index contributed by atoms with van der Waals surface area (Å²) in [6.45, 7) is 0. The van der Waals surface area contributed by atoms with Crippen LogP contribution >= 0.6 is 0 Å². The second-order valence-electron chi connectivity index (χ2n) is 3.49. The Hall–Kier alpha value is -0.0400. The molecule has 0 saturated heterocycles. The second-order valence-corrected chi connectivity index (χ2v) is 3.49. The van der Waals surface area contributed by atoms with E-state index >= 15 is 0 Å². The van der Waals surface area contributed by atoms with Gasteiger partial charge in [0.05, 0.1) is 0 Å². The average molecular weight is 125 g/mol.